The smallest absolute Gasteiger partial charge is 0.165 e. The minimum Gasteiger partial charge on any atom is -0.485 e. The second-order valence-corrected chi connectivity index (χ2v) is 5.89. The van der Waals surface area contributed by atoms with Crippen molar-refractivity contribution in [1.82, 2.24) is 14.8 Å². The molecule has 0 fully saturated rings. The van der Waals surface area contributed by atoms with Crippen molar-refractivity contribution in [2.45, 2.75) is 39.5 Å². The number of hydrogen-bond acceptors (Lipinski definition) is 4. The summed E-state index contributed by atoms with van der Waals surface area (Å²) in [6.45, 7) is 6.43. The van der Waals surface area contributed by atoms with Gasteiger partial charge in [0.1, 0.15) is 18.7 Å². The molecule has 20 heavy (non-hydrogen) atoms. The van der Waals surface area contributed by atoms with Crippen LogP contribution in [0.3, 0.4) is 0 Å². The molecule has 0 aliphatic carbocycles. The summed E-state index contributed by atoms with van der Waals surface area (Å²) in [7, 11) is 0. The van der Waals surface area contributed by atoms with E-state index in [1.165, 1.54) is 0 Å². The van der Waals surface area contributed by atoms with Crippen molar-refractivity contribution in [1.29, 1.82) is 0 Å². The summed E-state index contributed by atoms with van der Waals surface area (Å²) in [6, 6.07) is 6.00. The standard InChI is InChI=1S/C14H19BrN4O/c1-9(2)19-14(17-8-18-19)7-20-13-5-4-11(15)6-12(13)10(3)16/h4-6,8-10H,7,16H2,1-3H3/t10-/m1/s1. The van der Waals surface area contributed by atoms with Crippen molar-refractivity contribution in [3.63, 3.8) is 0 Å². The Morgan fingerprint density at radius 2 is 2.10 bits per heavy atom. The van der Waals surface area contributed by atoms with E-state index in [0.717, 1.165) is 21.6 Å². The molecule has 0 saturated carbocycles. The monoisotopic (exact) mass is 338 g/mol. The number of aromatic nitrogens is 3. The van der Waals surface area contributed by atoms with E-state index in [-0.39, 0.29) is 12.1 Å². The van der Waals surface area contributed by atoms with E-state index in [1.54, 1.807) is 6.33 Å². The Balaban J connectivity index is 2.17. The molecule has 0 saturated heterocycles. The number of benzene rings is 1. The molecule has 0 spiro atoms. The molecular weight excluding hydrogens is 320 g/mol. The highest BCUT2D eigenvalue weighted by Gasteiger charge is 2.12. The second kappa shape index (κ2) is 6.37. The molecule has 108 valence electrons. The maximum absolute atomic E-state index is 5.98. The number of rotatable bonds is 5. The fourth-order valence-electron chi connectivity index (χ4n) is 1.96. The van der Waals surface area contributed by atoms with Gasteiger partial charge in [0.15, 0.2) is 5.82 Å². The van der Waals surface area contributed by atoms with Gasteiger partial charge in [0.2, 0.25) is 0 Å². The zero-order valence-electron chi connectivity index (χ0n) is 11.9. The van der Waals surface area contributed by atoms with Gasteiger partial charge in [-0.2, -0.15) is 5.10 Å². The fourth-order valence-corrected chi connectivity index (χ4v) is 2.34. The third kappa shape index (κ3) is 3.37. The summed E-state index contributed by atoms with van der Waals surface area (Å²) >= 11 is 3.45. The van der Waals surface area contributed by atoms with E-state index in [4.69, 9.17) is 10.5 Å². The average molecular weight is 339 g/mol. The van der Waals surface area contributed by atoms with Crippen LogP contribution in [0.15, 0.2) is 29.0 Å². The van der Waals surface area contributed by atoms with Gasteiger partial charge < -0.3 is 10.5 Å². The van der Waals surface area contributed by atoms with Crippen LogP contribution in [0, 0.1) is 0 Å². The van der Waals surface area contributed by atoms with E-state index in [2.05, 4.69) is 39.9 Å². The number of nitrogens with zero attached hydrogens (tertiary/aromatic N) is 3. The predicted molar refractivity (Wildman–Crippen MR) is 81.5 cm³/mol. The topological polar surface area (TPSA) is 66.0 Å². The Morgan fingerprint density at radius 1 is 1.35 bits per heavy atom. The van der Waals surface area contributed by atoms with E-state index in [1.807, 2.05) is 29.8 Å². The lowest BCUT2D eigenvalue weighted by atomic mass is 10.1. The number of hydrogen-bond donors (Lipinski definition) is 1. The molecule has 2 N–H and O–H groups in total. The summed E-state index contributed by atoms with van der Waals surface area (Å²) in [6.07, 6.45) is 1.55. The fraction of sp³-hybridized carbons (Fsp3) is 0.429. The third-order valence-corrected chi connectivity index (χ3v) is 3.45. The van der Waals surface area contributed by atoms with Gasteiger partial charge in [-0.05, 0) is 39.0 Å². The number of nitrogens with two attached hydrogens (primary N) is 1. The van der Waals surface area contributed by atoms with Crippen LogP contribution in [-0.4, -0.2) is 14.8 Å². The van der Waals surface area contributed by atoms with Crippen molar-refractivity contribution in [2.24, 2.45) is 5.73 Å². The van der Waals surface area contributed by atoms with Gasteiger partial charge in [0.25, 0.3) is 0 Å². The predicted octanol–water partition coefficient (Wildman–Crippen LogP) is 3.22. The second-order valence-electron chi connectivity index (χ2n) is 4.97. The van der Waals surface area contributed by atoms with Crippen molar-refractivity contribution < 1.29 is 4.74 Å². The Hall–Kier alpha value is -1.40. The maximum atomic E-state index is 5.98. The first-order valence-corrected chi connectivity index (χ1v) is 7.34. The highest BCUT2D eigenvalue weighted by molar-refractivity contribution is 9.10. The lowest BCUT2D eigenvalue weighted by molar-refractivity contribution is 0.278. The van der Waals surface area contributed by atoms with Crippen LogP contribution < -0.4 is 10.5 Å². The van der Waals surface area contributed by atoms with Gasteiger partial charge in [-0.15, -0.1) is 0 Å². The summed E-state index contributed by atoms with van der Waals surface area (Å²) in [5, 5.41) is 4.19. The zero-order chi connectivity index (χ0) is 14.7. The molecule has 0 radical (unpaired) electrons. The van der Waals surface area contributed by atoms with Crippen LogP contribution in [0.2, 0.25) is 0 Å². The van der Waals surface area contributed by atoms with Crippen molar-refractivity contribution in [2.75, 3.05) is 0 Å². The molecule has 5 nitrogen and oxygen atoms in total. The molecule has 0 amide bonds. The van der Waals surface area contributed by atoms with Crippen LogP contribution >= 0.6 is 15.9 Å². The summed E-state index contributed by atoms with van der Waals surface area (Å²) < 4.78 is 8.70. The van der Waals surface area contributed by atoms with E-state index < -0.39 is 0 Å². The molecule has 1 atom stereocenters. The molecule has 1 heterocycles. The van der Waals surface area contributed by atoms with E-state index in [9.17, 15) is 0 Å². The minimum atomic E-state index is -0.0922. The lowest BCUT2D eigenvalue weighted by Gasteiger charge is -2.15. The summed E-state index contributed by atoms with van der Waals surface area (Å²) in [4.78, 5) is 4.23. The highest BCUT2D eigenvalue weighted by Crippen LogP contribution is 2.28. The van der Waals surface area contributed by atoms with E-state index >= 15 is 0 Å². The number of ether oxygens (including phenoxy) is 1. The SMILES string of the molecule is CC(C)n1ncnc1COc1ccc(Br)cc1[C@@H](C)N. The van der Waals surface area contributed by atoms with Gasteiger partial charge >= 0.3 is 0 Å². The molecule has 0 aliphatic heterocycles. The Kier molecular flexibility index (Phi) is 4.77. The lowest BCUT2D eigenvalue weighted by Crippen LogP contribution is -2.12. The van der Waals surface area contributed by atoms with Gasteiger partial charge in [0, 0.05) is 22.1 Å². The maximum Gasteiger partial charge on any atom is 0.165 e. The molecule has 2 aromatic rings. The largest absolute Gasteiger partial charge is 0.485 e. The molecule has 1 aromatic carbocycles. The van der Waals surface area contributed by atoms with E-state index in [0.29, 0.717) is 6.61 Å². The first kappa shape index (κ1) is 15.0. The Bertz CT molecular complexity index is 580. The van der Waals surface area contributed by atoms with Gasteiger partial charge in [-0.25, -0.2) is 9.67 Å². The Morgan fingerprint density at radius 3 is 2.75 bits per heavy atom. The van der Waals surface area contributed by atoms with Crippen LogP contribution in [0.4, 0.5) is 0 Å². The Labute approximate surface area is 127 Å². The zero-order valence-corrected chi connectivity index (χ0v) is 13.5. The summed E-state index contributed by atoms with van der Waals surface area (Å²) in [5.74, 6) is 1.58. The van der Waals surface area contributed by atoms with Crippen LogP contribution in [0.1, 0.15) is 44.2 Å². The minimum absolute atomic E-state index is 0.0922. The molecule has 6 heteroatoms. The van der Waals surface area contributed by atoms with Gasteiger partial charge in [-0.1, -0.05) is 15.9 Å². The first-order valence-electron chi connectivity index (χ1n) is 6.55. The number of halogens is 1. The van der Waals surface area contributed by atoms with Crippen LogP contribution in [0.5, 0.6) is 5.75 Å². The molecule has 1 aromatic heterocycles. The molecule has 0 unspecified atom stereocenters. The molecule has 2 rings (SSSR count). The normalized spacial score (nSPS) is 12.7. The average Bonchev–Trinajstić information content (AvgIpc) is 2.85. The van der Waals surface area contributed by atoms with Crippen LogP contribution in [0.25, 0.3) is 0 Å². The van der Waals surface area contributed by atoms with Gasteiger partial charge in [-0.3, -0.25) is 0 Å². The van der Waals surface area contributed by atoms with Crippen LogP contribution in [-0.2, 0) is 6.61 Å². The van der Waals surface area contributed by atoms with Gasteiger partial charge in [0.05, 0.1) is 0 Å². The highest BCUT2D eigenvalue weighted by atomic mass is 79.9. The molecule has 0 bridgehead atoms. The van der Waals surface area contributed by atoms with Crippen molar-refractivity contribution in [3.05, 3.63) is 40.4 Å². The molecule has 0 aliphatic rings. The first-order chi connectivity index (χ1) is 9.49. The van der Waals surface area contributed by atoms with Crippen molar-refractivity contribution >= 4 is 15.9 Å². The molecular formula is C14H19BrN4O. The quantitative estimate of drug-likeness (QED) is 0.908. The van der Waals surface area contributed by atoms with Crippen molar-refractivity contribution in [3.8, 4) is 5.75 Å². The third-order valence-electron chi connectivity index (χ3n) is 2.96. The summed E-state index contributed by atoms with van der Waals surface area (Å²) in [5.41, 5.74) is 6.94.